The zero-order valence-electron chi connectivity index (χ0n) is 13.7. The van der Waals surface area contributed by atoms with Crippen LogP contribution in [0.5, 0.6) is 5.75 Å². The second-order valence-corrected chi connectivity index (χ2v) is 7.26. The molecule has 0 bridgehead atoms. The Balaban J connectivity index is 0.00000288. The summed E-state index contributed by atoms with van der Waals surface area (Å²) < 4.78 is 37.4. The third kappa shape index (κ3) is 5.07. The van der Waals surface area contributed by atoms with Gasteiger partial charge in [-0.3, -0.25) is 0 Å². The molecule has 24 heavy (non-hydrogen) atoms. The first kappa shape index (κ1) is 20.7. The lowest BCUT2D eigenvalue weighted by Gasteiger charge is -2.09. The highest BCUT2D eigenvalue weighted by atomic mass is 35.5. The topological polar surface area (TPSA) is 108 Å². The van der Waals surface area contributed by atoms with Crippen molar-refractivity contribution in [1.29, 1.82) is 0 Å². The molecule has 0 fully saturated rings. The molecule has 2 rings (SSSR count). The van der Waals surface area contributed by atoms with Crippen LogP contribution in [-0.4, -0.2) is 39.7 Å². The van der Waals surface area contributed by atoms with Crippen LogP contribution in [0.2, 0.25) is 0 Å². The third-order valence-corrected chi connectivity index (χ3v) is 4.92. The van der Waals surface area contributed by atoms with Crippen molar-refractivity contribution in [3.63, 3.8) is 0 Å². The second-order valence-electron chi connectivity index (χ2n) is 5.50. The van der Waals surface area contributed by atoms with Crippen molar-refractivity contribution < 1.29 is 22.7 Å². The van der Waals surface area contributed by atoms with Gasteiger partial charge in [-0.15, -0.1) is 12.4 Å². The Kier molecular flexibility index (Phi) is 7.47. The first-order valence-corrected chi connectivity index (χ1v) is 9.03. The van der Waals surface area contributed by atoms with Gasteiger partial charge in [0.05, 0.1) is 11.5 Å². The molecule has 1 aliphatic rings. The highest BCUT2D eigenvalue weighted by Crippen LogP contribution is 2.31. The average Bonchev–Trinajstić information content (AvgIpc) is 2.90. The lowest BCUT2D eigenvalue weighted by Crippen LogP contribution is -2.29. The number of benzene rings is 1. The van der Waals surface area contributed by atoms with Gasteiger partial charge >= 0.3 is 5.97 Å². The van der Waals surface area contributed by atoms with Crippen molar-refractivity contribution in [3.8, 4) is 5.75 Å². The molecule has 0 saturated heterocycles. The van der Waals surface area contributed by atoms with Gasteiger partial charge in [0, 0.05) is 19.0 Å². The summed E-state index contributed by atoms with van der Waals surface area (Å²) in [6.45, 7) is 4.09. The molecule has 9 heteroatoms. The summed E-state index contributed by atoms with van der Waals surface area (Å²) in [6.07, 6.45) is 0.143. The summed E-state index contributed by atoms with van der Waals surface area (Å²) in [4.78, 5) is 11.9. The molecule has 0 saturated carbocycles. The fourth-order valence-electron chi connectivity index (χ4n) is 2.26. The first-order chi connectivity index (χ1) is 10.8. The molecule has 1 aromatic carbocycles. The second kappa shape index (κ2) is 8.66. The summed E-state index contributed by atoms with van der Waals surface area (Å²) >= 11 is 0. The number of nitrogens with two attached hydrogens (primary N) is 1. The third-order valence-electron chi connectivity index (χ3n) is 3.46. The van der Waals surface area contributed by atoms with Crippen LogP contribution in [0.25, 0.3) is 0 Å². The number of ether oxygens (including phenoxy) is 2. The Morgan fingerprint density at radius 1 is 1.50 bits per heavy atom. The van der Waals surface area contributed by atoms with E-state index in [1.54, 1.807) is 13.0 Å². The minimum Gasteiger partial charge on any atom is -0.478 e. The maximum absolute atomic E-state index is 12.2. The average molecular weight is 379 g/mol. The number of rotatable bonds is 7. The quantitative estimate of drug-likeness (QED) is 0.685. The Bertz CT molecular complexity index is 678. The van der Waals surface area contributed by atoms with Gasteiger partial charge in [0.1, 0.15) is 5.75 Å². The van der Waals surface area contributed by atoms with Crippen molar-refractivity contribution in [2.75, 3.05) is 13.2 Å². The molecular weight excluding hydrogens is 356 g/mol. The number of halogens is 1. The van der Waals surface area contributed by atoms with Gasteiger partial charge in [-0.1, -0.05) is 0 Å². The smallest absolute Gasteiger partial charge is 0.347 e. The summed E-state index contributed by atoms with van der Waals surface area (Å²) in [6, 6.07) is 4.48. The van der Waals surface area contributed by atoms with Gasteiger partial charge < -0.3 is 15.2 Å². The number of fused-ring (bicyclic) bond motifs is 1. The number of hydrogen-bond donors (Lipinski definition) is 2. The van der Waals surface area contributed by atoms with Crippen LogP contribution in [0.3, 0.4) is 0 Å². The van der Waals surface area contributed by atoms with Crippen molar-refractivity contribution >= 4 is 28.4 Å². The molecule has 0 aromatic heterocycles. The highest BCUT2D eigenvalue weighted by Gasteiger charge is 2.31. The van der Waals surface area contributed by atoms with Crippen LogP contribution in [0.15, 0.2) is 23.1 Å². The maximum atomic E-state index is 12.2. The molecule has 7 nitrogen and oxygen atoms in total. The van der Waals surface area contributed by atoms with E-state index in [0.717, 1.165) is 0 Å². The van der Waals surface area contributed by atoms with Crippen molar-refractivity contribution in [2.45, 2.75) is 43.7 Å². The first-order valence-electron chi connectivity index (χ1n) is 7.55. The molecule has 2 unspecified atom stereocenters. The van der Waals surface area contributed by atoms with E-state index < -0.39 is 22.1 Å². The minimum absolute atomic E-state index is 0. The molecule has 0 spiro atoms. The van der Waals surface area contributed by atoms with E-state index in [4.69, 9.17) is 15.2 Å². The predicted octanol–water partition coefficient (Wildman–Crippen LogP) is 0.991. The molecule has 1 aromatic rings. The number of esters is 1. The summed E-state index contributed by atoms with van der Waals surface area (Å²) in [5.41, 5.74) is 6.29. The normalized spacial score (nSPS) is 17.4. The van der Waals surface area contributed by atoms with E-state index in [9.17, 15) is 13.2 Å². The molecule has 0 aliphatic carbocycles. The number of carbonyl (C=O) groups excluding carboxylic acids is 1. The standard InChI is InChI=1S/C15H22N2O5S.ClH/c1-3-21-15(18)14-9-11-8-12(4-5-13(11)22-14)23(19,20)17-7-6-10(2)16;/h4-5,8,10,14,17H,3,6-7,9,16H2,1-2H3;1H. The zero-order chi connectivity index (χ0) is 17.0. The lowest BCUT2D eigenvalue weighted by atomic mass is 10.1. The molecule has 0 radical (unpaired) electrons. The van der Waals surface area contributed by atoms with Crippen LogP contribution in [-0.2, 0) is 26.0 Å². The van der Waals surface area contributed by atoms with E-state index >= 15 is 0 Å². The summed E-state index contributed by atoms with van der Waals surface area (Å²) in [5, 5.41) is 0. The number of nitrogens with one attached hydrogen (secondary N) is 1. The van der Waals surface area contributed by atoms with E-state index in [2.05, 4.69) is 4.72 Å². The Morgan fingerprint density at radius 2 is 2.21 bits per heavy atom. The van der Waals surface area contributed by atoms with Crippen LogP contribution < -0.4 is 15.2 Å². The molecule has 2 atom stereocenters. The van der Waals surface area contributed by atoms with E-state index in [0.29, 0.717) is 24.2 Å². The SMILES string of the molecule is CCOC(=O)C1Cc2cc(S(=O)(=O)NCCC(C)N)ccc2O1.Cl. The molecule has 0 amide bonds. The van der Waals surface area contributed by atoms with Gasteiger partial charge in [0.25, 0.3) is 0 Å². The van der Waals surface area contributed by atoms with Crippen molar-refractivity contribution in [2.24, 2.45) is 5.73 Å². The van der Waals surface area contributed by atoms with Crippen LogP contribution in [0.4, 0.5) is 0 Å². The Morgan fingerprint density at radius 3 is 2.83 bits per heavy atom. The summed E-state index contributed by atoms with van der Waals surface area (Å²) in [5.74, 6) is 0.0701. The predicted molar refractivity (Wildman–Crippen MR) is 91.9 cm³/mol. The monoisotopic (exact) mass is 378 g/mol. The van der Waals surface area contributed by atoms with Gasteiger partial charge in [-0.25, -0.2) is 17.9 Å². The minimum atomic E-state index is -3.60. The van der Waals surface area contributed by atoms with Crippen LogP contribution in [0.1, 0.15) is 25.8 Å². The highest BCUT2D eigenvalue weighted by molar-refractivity contribution is 7.89. The number of hydrogen-bond acceptors (Lipinski definition) is 6. The zero-order valence-corrected chi connectivity index (χ0v) is 15.3. The molecule has 136 valence electrons. The van der Waals surface area contributed by atoms with Crippen LogP contribution >= 0.6 is 12.4 Å². The molecule has 1 heterocycles. The maximum Gasteiger partial charge on any atom is 0.347 e. The van der Waals surface area contributed by atoms with E-state index in [-0.39, 0.29) is 36.5 Å². The Hall–Kier alpha value is -1.35. The van der Waals surface area contributed by atoms with Gasteiger partial charge in [-0.2, -0.15) is 0 Å². The fraction of sp³-hybridized carbons (Fsp3) is 0.533. The lowest BCUT2D eigenvalue weighted by molar-refractivity contribution is -0.150. The van der Waals surface area contributed by atoms with Gasteiger partial charge in [-0.05, 0) is 44.0 Å². The molecule has 1 aliphatic heterocycles. The number of carbonyl (C=O) groups is 1. The molecule has 3 N–H and O–H groups in total. The van der Waals surface area contributed by atoms with Crippen LogP contribution in [0, 0.1) is 0 Å². The van der Waals surface area contributed by atoms with Crippen molar-refractivity contribution in [1.82, 2.24) is 4.72 Å². The van der Waals surface area contributed by atoms with Gasteiger partial charge in [0.15, 0.2) is 6.10 Å². The van der Waals surface area contributed by atoms with Crippen molar-refractivity contribution in [3.05, 3.63) is 23.8 Å². The Labute approximate surface area is 148 Å². The largest absolute Gasteiger partial charge is 0.478 e. The van der Waals surface area contributed by atoms with E-state index in [1.165, 1.54) is 12.1 Å². The van der Waals surface area contributed by atoms with E-state index in [1.807, 2.05) is 6.92 Å². The van der Waals surface area contributed by atoms with Gasteiger partial charge in [0.2, 0.25) is 10.0 Å². The summed E-state index contributed by atoms with van der Waals surface area (Å²) in [7, 11) is -3.60. The number of sulfonamides is 1. The fourth-order valence-corrected chi connectivity index (χ4v) is 3.36. The molecular formula is C15H23ClN2O5S.